The van der Waals surface area contributed by atoms with Crippen molar-refractivity contribution in [2.24, 2.45) is 0 Å². The van der Waals surface area contributed by atoms with Gasteiger partial charge in [-0.3, -0.25) is 4.79 Å². The Morgan fingerprint density at radius 1 is 1.25 bits per heavy atom. The molecule has 0 aliphatic carbocycles. The number of nitrogens with one attached hydrogen (secondary N) is 1. The van der Waals surface area contributed by atoms with Crippen molar-refractivity contribution >= 4 is 32.9 Å². The zero-order chi connectivity index (χ0) is 16.9. The zero-order valence-corrected chi connectivity index (χ0v) is 14.8. The van der Waals surface area contributed by atoms with Gasteiger partial charge in [-0.25, -0.2) is 4.98 Å². The molecule has 0 saturated carbocycles. The van der Waals surface area contributed by atoms with Crippen LogP contribution in [0.5, 0.6) is 0 Å². The topological polar surface area (TPSA) is 46.9 Å². The number of carbonyl (C=O) groups is 1. The lowest BCUT2D eigenvalue weighted by Gasteiger charge is -2.08. The Bertz CT molecular complexity index is 885. The number of rotatable bonds is 6. The Kier molecular flexibility index (Phi) is 5.11. The molecule has 0 atom stereocenters. The highest BCUT2D eigenvalue weighted by atomic mass is 79.9. The average Bonchev–Trinajstić information content (AvgIpc) is 2.93. The number of allylic oxidation sites excluding steroid dienone is 1. The molecule has 0 aliphatic heterocycles. The van der Waals surface area contributed by atoms with Gasteiger partial charge in [-0.2, -0.15) is 0 Å². The van der Waals surface area contributed by atoms with Crippen LogP contribution in [-0.2, 0) is 13.0 Å². The number of fused-ring (bicyclic) bond motifs is 1. The molecule has 1 heterocycles. The summed E-state index contributed by atoms with van der Waals surface area (Å²) in [6.07, 6.45) is 2.53. The molecule has 0 radical (unpaired) electrons. The van der Waals surface area contributed by atoms with Crippen LogP contribution in [-0.4, -0.2) is 22.0 Å². The number of nitrogens with zero attached hydrogens (tertiary/aromatic N) is 2. The van der Waals surface area contributed by atoms with Gasteiger partial charge in [-0.05, 0) is 30.3 Å². The first-order chi connectivity index (χ1) is 11.7. The highest BCUT2D eigenvalue weighted by Crippen LogP contribution is 2.16. The second kappa shape index (κ2) is 7.45. The molecule has 1 aromatic heterocycles. The van der Waals surface area contributed by atoms with Crippen molar-refractivity contribution < 1.29 is 4.79 Å². The van der Waals surface area contributed by atoms with Gasteiger partial charge in [0.25, 0.3) is 5.91 Å². The first-order valence-electron chi connectivity index (χ1n) is 7.78. The highest BCUT2D eigenvalue weighted by Gasteiger charge is 2.10. The van der Waals surface area contributed by atoms with E-state index in [2.05, 4.69) is 43.4 Å². The zero-order valence-electron chi connectivity index (χ0n) is 13.2. The second-order valence-corrected chi connectivity index (χ2v) is 6.35. The van der Waals surface area contributed by atoms with Gasteiger partial charge in [0, 0.05) is 29.5 Å². The SMILES string of the molecule is C=CCn1c(CCNC(=O)c2cccc(Br)c2)nc2ccccc21. The van der Waals surface area contributed by atoms with E-state index in [9.17, 15) is 4.79 Å². The molecule has 0 fully saturated rings. The maximum atomic E-state index is 12.2. The number of halogens is 1. The summed E-state index contributed by atoms with van der Waals surface area (Å²) < 4.78 is 3.02. The first-order valence-corrected chi connectivity index (χ1v) is 8.57. The molecular formula is C19H18BrN3O. The van der Waals surface area contributed by atoms with Crippen LogP contribution in [0.1, 0.15) is 16.2 Å². The minimum atomic E-state index is -0.0809. The molecule has 0 unspecified atom stereocenters. The standard InChI is InChI=1S/C19H18BrN3O/c1-2-12-23-17-9-4-3-8-16(17)22-18(23)10-11-21-19(24)14-6-5-7-15(20)13-14/h2-9,13H,1,10-12H2,(H,21,24). The minimum Gasteiger partial charge on any atom is -0.352 e. The second-order valence-electron chi connectivity index (χ2n) is 5.43. The molecule has 24 heavy (non-hydrogen) atoms. The Labute approximate surface area is 149 Å². The fourth-order valence-electron chi connectivity index (χ4n) is 2.67. The molecule has 1 amide bonds. The quantitative estimate of drug-likeness (QED) is 0.654. The molecule has 0 aliphatic rings. The summed E-state index contributed by atoms with van der Waals surface area (Å²) in [4.78, 5) is 16.9. The predicted octanol–water partition coefficient (Wildman–Crippen LogP) is 3.96. The van der Waals surface area contributed by atoms with Crippen molar-refractivity contribution in [1.82, 2.24) is 14.9 Å². The van der Waals surface area contributed by atoms with Crippen molar-refractivity contribution in [1.29, 1.82) is 0 Å². The Morgan fingerprint density at radius 2 is 2.08 bits per heavy atom. The van der Waals surface area contributed by atoms with E-state index in [1.807, 2.05) is 42.5 Å². The van der Waals surface area contributed by atoms with E-state index < -0.39 is 0 Å². The fraction of sp³-hybridized carbons (Fsp3) is 0.158. The monoisotopic (exact) mass is 383 g/mol. The number of hydrogen-bond donors (Lipinski definition) is 1. The Morgan fingerprint density at radius 3 is 2.88 bits per heavy atom. The van der Waals surface area contributed by atoms with Crippen molar-refractivity contribution in [2.45, 2.75) is 13.0 Å². The number of aromatic nitrogens is 2. The number of hydrogen-bond acceptors (Lipinski definition) is 2. The smallest absolute Gasteiger partial charge is 0.251 e. The minimum absolute atomic E-state index is 0.0809. The lowest BCUT2D eigenvalue weighted by molar-refractivity contribution is 0.0954. The molecule has 1 N–H and O–H groups in total. The number of carbonyl (C=O) groups excluding carboxylic acids is 1. The van der Waals surface area contributed by atoms with Crippen LogP contribution in [0.25, 0.3) is 11.0 Å². The van der Waals surface area contributed by atoms with Crippen LogP contribution in [0.3, 0.4) is 0 Å². The first kappa shape index (κ1) is 16.5. The largest absolute Gasteiger partial charge is 0.352 e. The van der Waals surface area contributed by atoms with E-state index in [0.717, 1.165) is 21.3 Å². The number of para-hydroxylation sites is 2. The maximum absolute atomic E-state index is 12.2. The van der Waals surface area contributed by atoms with Crippen LogP contribution < -0.4 is 5.32 Å². The Hall–Kier alpha value is -2.40. The van der Waals surface area contributed by atoms with Crippen LogP contribution in [0.2, 0.25) is 0 Å². The Balaban J connectivity index is 1.70. The van der Waals surface area contributed by atoms with E-state index in [-0.39, 0.29) is 5.91 Å². The average molecular weight is 384 g/mol. The third-order valence-corrected chi connectivity index (χ3v) is 4.26. The molecule has 3 aromatic rings. The number of amides is 1. The lowest BCUT2D eigenvalue weighted by atomic mass is 10.2. The van der Waals surface area contributed by atoms with Crippen LogP contribution >= 0.6 is 15.9 Å². The van der Waals surface area contributed by atoms with Crippen LogP contribution in [0.15, 0.2) is 65.7 Å². The van der Waals surface area contributed by atoms with Crippen LogP contribution in [0.4, 0.5) is 0 Å². The van der Waals surface area contributed by atoms with Gasteiger partial charge in [0.15, 0.2) is 0 Å². The molecular weight excluding hydrogens is 366 g/mol. The molecule has 122 valence electrons. The van der Waals surface area contributed by atoms with Crippen molar-refractivity contribution in [3.8, 4) is 0 Å². The molecule has 0 spiro atoms. The van der Waals surface area contributed by atoms with Gasteiger partial charge in [-0.15, -0.1) is 6.58 Å². The van der Waals surface area contributed by atoms with E-state index in [0.29, 0.717) is 25.1 Å². The van der Waals surface area contributed by atoms with Gasteiger partial charge < -0.3 is 9.88 Å². The van der Waals surface area contributed by atoms with Crippen LogP contribution in [0, 0.1) is 0 Å². The predicted molar refractivity (Wildman–Crippen MR) is 100 cm³/mol. The number of benzene rings is 2. The summed E-state index contributed by atoms with van der Waals surface area (Å²) >= 11 is 3.38. The molecule has 4 nitrogen and oxygen atoms in total. The summed E-state index contributed by atoms with van der Waals surface area (Å²) in [6, 6.07) is 15.4. The third kappa shape index (κ3) is 3.57. The molecule has 0 bridgehead atoms. The summed E-state index contributed by atoms with van der Waals surface area (Å²) in [5.41, 5.74) is 2.70. The molecule has 2 aromatic carbocycles. The summed E-state index contributed by atoms with van der Waals surface area (Å²) in [5, 5.41) is 2.95. The van der Waals surface area contributed by atoms with E-state index in [1.165, 1.54) is 0 Å². The summed E-state index contributed by atoms with van der Waals surface area (Å²) in [5.74, 6) is 0.869. The third-order valence-electron chi connectivity index (χ3n) is 3.77. The van der Waals surface area contributed by atoms with Crippen molar-refractivity contribution in [3.63, 3.8) is 0 Å². The molecule has 0 saturated heterocycles. The lowest BCUT2D eigenvalue weighted by Crippen LogP contribution is -2.26. The molecule has 5 heteroatoms. The van der Waals surface area contributed by atoms with Gasteiger partial charge in [0.1, 0.15) is 5.82 Å². The van der Waals surface area contributed by atoms with Gasteiger partial charge in [0.2, 0.25) is 0 Å². The van der Waals surface area contributed by atoms with E-state index in [1.54, 1.807) is 6.07 Å². The van der Waals surface area contributed by atoms with Gasteiger partial charge in [-0.1, -0.05) is 40.2 Å². The van der Waals surface area contributed by atoms with Crippen molar-refractivity contribution in [2.75, 3.05) is 6.54 Å². The van der Waals surface area contributed by atoms with E-state index in [4.69, 9.17) is 0 Å². The highest BCUT2D eigenvalue weighted by molar-refractivity contribution is 9.10. The van der Waals surface area contributed by atoms with E-state index >= 15 is 0 Å². The van der Waals surface area contributed by atoms with Crippen molar-refractivity contribution in [3.05, 3.63) is 77.0 Å². The van der Waals surface area contributed by atoms with Gasteiger partial charge >= 0.3 is 0 Å². The van der Waals surface area contributed by atoms with Gasteiger partial charge in [0.05, 0.1) is 11.0 Å². The summed E-state index contributed by atoms with van der Waals surface area (Å²) in [6.45, 7) is 5.05. The normalized spacial score (nSPS) is 10.7. The maximum Gasteiger partial charge on any atom is 0.251 e. The number of imidazole rings is 1. The molecule has 3 rings (SSSR count). The summed E-state index contributed by atoms with van der Waals surface area (Å²) in [7, 11) is 0. The fourth-order valence-corrected chi connectivity index (χ4v) is 3.07.